The average Bonchev–Trinajstić information content (AvgIpc) is 2.67. The summed E-state index contributed by atoms with van der Waals surface area (Å²) in [6.45, 7) is 0. The maximum atomic E-state index is 13.0. The fraction of sp³-hybridized carbons (Fsp3) is 0.105. The molecule has 128 valence electrons. The summed E-state index contributed by atoms with van der Waals surface area (Å²) in [6.07, 6.45) is 0. The van der Waals surface area contributed by atoms with E-state index in [1.807, 2.05) is 17.6 Å². The highest BCUT2D eigenvalue weighted by Crippen LogP contribution is 2.23. The number of nitrogens with zero attached hydrogens (tertiary/aromatic N) is 3. The van der Waals surface area contributed by atoms with Gasteiger partial charge in [-0.3, -0.25) is 4.79 Å². The Balaban J connectivity index is 2.49. The molecular weight excluding hydrogens is 330 g/mol. The summed E-state index contributed by atoms with van der Waals surface area (Å²) in [5.74, 6) is -2.90. The van der Waals surface area contributed by atoms with Gasteiger partial charge < -0.3 is 5.73 Å². The SMILES string of the molecule is N#CC(C(=O)/C(=N/NC(N)=O)C(C#N)c1ccccc1)c1ccccc1. The minimum absolute atomic E-state index is 0.257. The molecule has 0 aromatic heterocycles. The molecule has 2 unspecified atom stereocenters. The van der Waals surface area contributed by atoms with Gasteiger partial charge in [0.05, 0.1) is 12.1 Å². The zero-order valence-electron chi connectivity index (χ0n) is 13.7. The van der Waals surface area contributed by atoms with Crippen LogP contribution < -0.4 is 11.2 Å². The van der Waals surface area contributed by atoms with Crippen LogP contribution in [0.25, 0.3) is 0 Å². The lowest BCUT2D eigenvalue weighted by atomic mass is 9.86. The minimum atomic E-state index is -1.16. The Morgan fingerprint density at radius 3 is 1.77 bits per heavy atom. The molecule has 2 amide bonds. The summed E-state index contributed by atoms with van der Waals surface area (Å²) < 4.78 is 0. The Labute approximate surface area is 150 Å². The summed E-state index contributed by atoms with van der Waals surface area (Å²) in [7, 11) is 0. The second-order valence-electron chi connectivity index (χ2n) is 5.28. The molecule has 2 aromatic carbocycles. The molecule has 26 heavy (non-hydrogen) atoms. The van der Waals surface area contributed by atoms with Crippen LogP contribution in [0.1, 0.15) is 23.0 Å². The van der Waals surface area contributed by atoms with Crippen LogP contribution in [0.4, 0.5) is 4.79 Å². The fourth-order valence-electron chi connectivity index (χ4n) is 2.39. The lowest BCUT2D eigenvalue weighted by molar-refractivity contribution is -0.113. The number of carbonyl (C=O) groups excluding carboxylic acids is 2. The highest BCUT2D eigenvalue weighted by molar-refractivity contribution is 6.44. The Kier molecular flexibility index (Phi) is 6.19. The van der Waals surface area contributed by atoms with Crippen LogP contribution in [-0.2, 0) is 4.79 Å². The second-order valence-corrected chi connectivity index (χ2v) is 5.28. The summed E-state index contributed by atoms with van der Waals surface area (Å²) in [5.41, 5.74) is 7.74. The second kappa shape index (κ2) is 8.76. The molecule has 2 rings (SSSR count). The van der Waals surface area contributed by atoms with Crippen molar-refractivity contribution in [1.82, 2.24) is 5.43 Å². The quantitative estimate of drug-likeness (QED) is 0.613. The summed E-state index contributed by atoms with van der Waals surface area (Å²) >= 11 is 0. The Morgan fingerprint density at radius 2 is 1.35 bits per heavy atom. The predicted octanol–water partition coefficient (Wildman–Crippen LogP) is 2.19. The normalized spacial score (nSPS) is 12.9. The largest absolute Gasteiger partial charge is 0.350 e. The standard InChI is InChI=1S/C19H15N5O2/c20-11-15(13-7-3-1-4-8-13)17(23-24-19(22)26)18(25)16(12-21)14-9-5-2-6-10-14/h1-10,15-16H,(H3,22,24,26)/b23-17+. The van der Waals surface area contributed by atoms with Gasteiger partial charge in [-0.05, 0) is 11.1 Å². The van der Waals surface area contributed by atoms with Gasteiger partial charge in [0.1, 0.15) is 17.5 Å². The van der Waals surface area contributed by atoms with E-state index < -0.39 is 23.7 Å². The number of Topliss-reactive ketones (excluding diaryl/α,β-unsaturated/α-hetero) is 1. The molecule has 7 nitrogen and oxygen atoms in total. The first-order chi connectivity index (χ1) is 12.6. The lowest BCUT2D eigenvalue weighted by Gasteiger charge is -2.15. The summed E-state index contributed by atoms with van der Waals surface area (Å²) in [5, 5.41) is 22.8. The van der Waals surface area contributed by atoms with E-state index in [9.17, 15) is 20.1 Å². The third kappa shape index (κ3) is 4.31. The van der Waals surface area contributed by atoms with Crippen LogP contribution >= 0.6 is 0 Å². The average molecular weight is 345 g/mol. The molecule has 0 radical (unpaired) electrons. The van der Waals surface area contributed by atoms with Crippen molar-refractivity contribution in [3.63, 3.8) is 0 Å². The maximum Gasteiger partial charge on any atom is 0.332 e. The number of primary amides is 1. The van der Waals surface area contributed by atoms with Gasteiger partial charge in [-0.1, -0.05) is 60.7 Å². The molecule has 0 fully saturated rings. The molecule has 0 aliphatic heterocycles. The third-order valence-corrected chi connectivity index (χ3v) is 3.60. The molecule has 2 aromatic rings. The number of amides is 2. The first-order valence-electron chi connectivity index (χ1n) is 7.64. The first-order valence-corrected chi connectivity index (χ1v) is 7.64. The van der Waals surface area contributed by atoms with Gasteiger partial charge >= 0.3 is 6.03 Å². The number of nitrogens with one attached hydrogen (secondary N) is 1. The zero-order valence-corrected chi connectivity index (χ0v) is 13.7. The molecule has 3 N–H and O–H groups in total. The van der Waals surface area contributed by atoms with Gasteiger partial charge in [-0.2, -0.15) is 15.6 Å². The van der Waals surface area contributed by atoms with E-state index in [0.29, 0.717) is 11.1 Å². The van der Waals surface area contributed by atoms with Gasteiger partial charge in [0.25, 0.3) is 0 Å². The van der Waals surface area contributed by atoms with Crippen molar-refractivity contribution in [2.75, 3.05) is 0 Å². The zero-order chi connectivity index (χ0) is 18.9. The van der Waals surface area contributed by atoms with Crippen molar-refractivity contribution in [1.29, 1.82) is 10.5 Å². The van der Waals surface area contributed by atoms with Gasteiger partial charge in [-0.15, -0.1) is 0 Å². The van der Waals surface area contributed by atoms with Crippen LogP contribution in [0.3, 0.4) is 0 Å². The van der Waals surface area contributed by atoms with Crippen molar-refractivity contribution in [2.45, 2.75) is 11.8 Å². The number of hydrazone groups is 1. The van der Waals surface area contributed by atoms with Crippen LogP contribution in [0.2, 0.25) is 0 Å². The van der Waals surface area contributed by atoms with Crippen LogP contribution in [0.15, 0.2) is 65.8 Å². The highest BCUT2D eigenvalue weighted by Gasteiger charge is 2.31. The Bertz CT molecular complexity index is 895. The van der Waals surface area contributed by atoms with Gasteiger partial charge in [0, 0.05) is 0 Å². The molecule has 0 saturated carbocycles. The number of carbonyl (C=O) groups is 2. The van der Waals surface area contributed by atoms with E-state index in [4.69, 9.17) is 5.73 Å². The van der Waals surface area contributed by atoms with Crippen molar-refractivity contribution in [3.05, 3.63) is 71.8 Å². The van der Waals surface area contributed by atoms with Gasteiger partial charge in [0.15, 0.2) is 0 Å². The third-order valence-electron chi connectivity index (χ3n) is 3.60. The fourth-order valence-corrected chi connectivity index (χ4v) is 2.39. The molecular formula is C19H15N5O2. The monoisotopic (exact) mass is 345 g/mol. The summed E-state index contributed by atoms with van der Waals surface area (Å²) in [6, 6.07) is 19.9. The van der Waals surface area contributed by atoms with Crippen molar-refractivity contribution >= 4 is 17.5 Å². The predicted molar refractivity (Wildman–Crippen MR) is 94.8 cm³/mol. The van der Waals surface area contributed by atoms with E-state index in [1.165, 1.54) is 0 Å². The topological polar surface area (TPSA) is 132 Å². The molecule has 7 heteroatoms. The molecule has 2 atom stereocenters. The number of hydrogen-bond acceptors (Lipinski definition) is 5. The van der Waals surface area contributed by atoms with Gasteiger partial charge in [0.2, 0.25) is 5.78 Å². The number of urea groups is 1. The van der Waals surface area contributed by atoms with Crippen LogP contribution in [0.5, 0.6) is 0 Å². The van der Waals surface area contributed by atoms with Crippen LogP contribution in [0, 0.1) is 22.7 Å². The number of ketones is 1. The smallest absolute Gasteiger partial charge is 0.332 e. The molecule has 0 spiro atoms. The van der Waals surface area contributed by atoms with Crippen molar-refractivity contribution in [2.24, 2.45) is 10.8 Å². The number of nitriles is 2. The first kappa shape index (κ1) is 18.4. The number of rotatable bonds is 6. The minimum Gasteiger partial charge on any atom is -0.350 e. The Hall–Kier alpha value is -3.97. The van der Waals surface area contributed by atoms with Crippen molar-refractivity contribution < 1.29 is 9.59 Å². The summed E-state index contributed by atoms with van der Waals surface area (Å²) in [4.78, 5) is 24.0. The highest BCUT2D eigenvalue weighted by atomic mass is 16.2. The van der Waals surface area contributed by atoms with E-state index in [-0.39, 0.29) is 5.71 Å². The van der Waals surface area contributed by atoms with E-state index in [2.05, 4.69) is 5.10 Å². The number of benzene rings is 2. The van der Waals surface area contributed by atoms with E-state index in [1.54, 1.807) is 60.7 Å². The van der Waals surface area contributed by atoms with E-state index in [0.717, 1.165) is 0 Å². The molecule has 0 bridgehead atoms. The molecule has 0 saturated heterocycles. The number of hydrogen-bond donors (Lipinski definition) is 2. The molecule has 0 heterocycles. The van der Waals surface area contributed by atoms with Crippen LogP contribution in [-0.4, -0.2) is 17.5 Å². The van der Waals surface area contributed by atoms with Crippen molar-refractivity contribution in [3.8, 4) is 12.1 Å². The molecule has 0 aliphatic rings. The Morgan fingerprint density at radius 1 is 0.885 bits per heavy atom. The van der Waals surface area contributed by atoms with E-state index >= 15 is 0 Å². The number of nitrogens with two attached hydrogens (primary N) is 1. The molecule has 0 aliphatic carbocycles. The van der Waals surface area contributed by atoms with Gasteiger partial charge in [-0.25, -0.2) is 10.2 Å². The maximum absolute atomic E-state index is 13.0. The lowest BCUT2D eigenvalue weighted by Crippen LogP contribution is -2.32.